The summed E-state index contributed by atoms with van der Waals surface area (Å²) < 4.78 is 0. The van der Waals surface area contributed by atoms with Crippen LogP contribution in [0.25, 0.3) is 0 Å². The minimum atomic E-state index is -0.967. The third-order valence-corrected chi connectivity index (χ3v) is 5.70. The minimum Gasteiger partial charge on any atom is -0.478 e. The summed E-state index contributed by atoms with van der Waals surface area (Å²) in [6, 6.07) is 12.6. The molecule has 2 aromatic rings. The van der Waals surface area contributed by atoms with Gasteiger partial charge in [-0.25, -0.2) is 4.79 Å². The van der Waals surface area contributed by atoms with Crippen LogP contribution in [0.4, 0.5) is 5.69 Å². The van der Waals surface area contributed by atoms with E-state index in [1.165, 1.54) is 23.3 Å². The molecule has 0 atom stereocenters. The molecule has 2 N–H and O–H groups in total. The molecule has 4 heteroatoms. The second-order valence-corrected chi connectivity index (χ2v) is 8.76. The molecule has 27 heavy (non-hydrogen) atoms. The molecule has 0 bridgehead atoms. The number of hydrogen-bond donors (Lipinski definition) is 2. The van der Waals surface area contributed by atoms with E-state index in [-0.39, 0.29) is 28.7 Å². The third kappa shape index (κ3) is 4.05. The van der Waals surface area contributed by atoms with Crippen molar-refractivity contribution in [2.45, 2.75) is 57.8 Å². The fourth-order valence-electron chi connectivity index (χ4n) is 3.82. The van der Waals surface area contributed by atoms with Gasteiger partial charge in [-0.15, -0.1) is 0 Å². The standard InChI is InChI=1S/C23H27NO3/c1-22(2)11-12-23(3,4)19-14-17(9-10-18(19)22)24-20(25)13-15-5-7-16(8-6-15)21(26)27/h5-10,14H,11-13H2,1-4H3,(H,24,25)(H,26,27). The molecule has 142 valence electrons. The summed E-state index contributed by atoms with van der Waals surface area (Å²) in [6.07, 6.45) is 2.50. The van der Waals surface area contributed by atoms with Crippen LogP contribution in [-0.2, 0) is 22.0 Å². The molecular formula is C23H27NO3. The summed E-state index contributed by atoms with van der Waals surface area (Å²) in [7, 11) is 0. The fourth-order valence-corrected chi connectivity index (χ4v) is 3.82. The van der Waals surface area contributed by atoms with Crippen LogP contribution in [0.15, 0.2) is 42.5 Å². The van der Waals surface area contributed by atoms with Gasteiger partial charge in [0.2, 0.25) is 5.91 Å². The van der Waals surface area contributed by atoms with E-state index < -0.39 is 5.97 Å². The molecular weight excluding hydrogens is 338 g/mol. The number of benzene rings is 2. The zero-order valence-corrected chi connectivity index (χ0v) is 16.4. The van der Waals surface area contributed by atoms with Gasteiger partial charge < -0.3 is 10.4 Å². The highest BCUT2D eigenvalue weighted by molar-refractivity contribution is 5.93. The van der Waals surface area contributed by atoms with E-state index in [1.54, 1.807) is 12.1 Å². The summed E-state index contributed by atoms with van der Waals surface area (Å²) in [5, 5.41) is 11.9. The average molecular weight is 365 g/mol. The molecule has 0 heterocycles. The van der Waals surface area contributed by atoms with E-state index in [9.17, 15) is 9.59 Å². The smallest absolute Gasteiger partial charge is 0.335 e. The molecule has 1 aliphatic rings. The summed E-state index contributed by atoms with van der Waals surface area (Å²) in [4.78, 5) is 23.3. The van der Waals surface area contributed by atoms with Gasteiger partial charge in [-0.3, -0.25) is 4.79 Å². The SMILES string of the molecule is CC1(C)CCC(C)(C)c2cc(NC(=O)Cc3ccc(C(=O)O)cc3)ccc21. The Morgan fingerprint density at radius 1 is 0.926 bits per heavy atom. The number of rotatable bonds is 4. The highest BCUT2D eigenvalue weighted by Crippen LogP contribution is 2.46. The van der Waals surface area contributed by atoms with Gasteiger partial charge in [0.05, 0.1) is 12.0 Å². The first-order valence-electron chi connectivity index (χ1n) is 9.36. The maximum Gasteiger partial charge on any atom is 0.335 e. The van der Waals surface area contributed by atoms with E-state index in [4.69, 9.17) is 5.11 Å². The lowest BCUT2D eigenvalue weighted by molar-refractivity contribution is -0.115. The molecule has 0 aromatic heterocycles. The molecule has 1 amide bonds. The molecule has 3 rings (SSSR count). The summed E-state index contributed by atoms with van der Waals surface area (Å²) >= 11 is 0. The van der Waals surface area contributed by atoms with Gasteiger partial charge in [-0.1, -0.05) is 45.9 Å². The summed E-state index contributed by atoms with van der Waals surface area (Å²) in [5.41, 5.74) is 4.74. The lowest BCUT2D eigenvalue weighted by Crippen LogP contribution is -2.33. The van der Waals surface area contributed by atoms with Crippen LogP contribution in [-0.4, -0.2) is 17.0 Å². The second kappa shape index (κ2) is 6.84. The van der Waals surface area contributed by atoms with E-state index >= 15 is 0 Å². The fraction of sp³-hybridized carbons (Fsp3) is 0.391. The van der Waals surface area contributed by atoms with E-state index in [0.29, 0.717) is 0 Å². The zero-order valence-electron chi connectivity index (χ0n) is 16.4. The molecule has 0 aliphatic heterocycles. The minimum absolute atomic E-state index is 0.0955. The maximum absolute atomic E-state index is 12.4. The number of nitrogens with one attached hydrogen (secondary N) is 1. The van der Waals surface area contributed by atoms with E-state index in [2.05, 4.69) is 45.1 Å². The van der Waals surface area contributed by atoms with Gasteiger partial charge in [-0.2, -0.15) is 0 Å². The maximum atomic E-state index is 12.4. The predicted octanol–water partition coefficient (Wildman–Crippen LogP) is 4.92. The van der Waals surface area contributed by atoms with Crippen molar-refractivity contribution in [1.29, 1.82) is 0 Å². The van der Waals surface area contributed by atoms with Crippen molar-refractivity contribution >= 4 is 17.6 Å². The van der Waals surface area contributed by atoms with Crippen molar-refractivity contribution in [2.24, 2.45) is 0 Å². The van der Waals surface area contributed by atoms with Crippen molar-refractivity contribution in [3.05, 3.63) is 64.7 Å². The molecule has 0 fully saturated rings. The van der Waals surface area contributed by atoms with Gasteiger partial charge >= 0.3 is 5.97 Å². The quantitative estimate of drug-likeness (QED) is 0.808. The Balaban J connectivity index is 1.76. The van der Waals surface area contributed by atoms with Crippen LogP contribution < -0.4 is 5.32 Å². The number of carbonyl (C=O) groups is 2. The molecule has 0 spiro atoms. The zero-order chi connectivity index (χ0) is 19.8. The number of anilines is 1. The van der Waals surface area contributed by atoms with Gasteiger partial charge in [0.1, 0.15) is 0 Å². The van der Waals surface area contributed by atoms with Gasteiger partial charge in [-0.05, 0) is 64.6 Å². The van der Waals surface area contributed by atoms with Crippen LogP contribution in [0, 0.1) is 0 Å². The van der Waals surface area contributed by atoms with Crippen LogP contribution in [0.2, 0.25) is 0 Å². The predicted molar refractivity (Wildman–Crippen MR) is 107 cm³/mol. The monoisotopic (exact) mass is 365 g/mol. The number of carbonyl (C=O) groups excluding carboxylic acids is 1. The molecule has 0 radical (unpaired) electrons. The largest absolute Gasteiger partial charge is 0.478 e. The van der Waals surface area contributed by atoms with Gasteiger partial charge in [0.25, 0.3) is 0 Å². The first-order valence-corrected chi connectivity index (χ1v) is 9.36. The highest BCUT2D eigenvalue weighted by Gasteiger charge is 2.36. The molecule has 1 aliphatic carbocycles. The molecule has 2 aromatic carbocycles. The second-order valence-electron chi connectivity index (χ2n) is 8.76. The van der Waals surface area contributed by atoms with Crippen LogP contribution >= 0.6 is 0 Å². The Hall–Kier alpha value is -2.62. The first kappa shape index (κ1) is 19.2. The molecule has 0 unspecified atom stereocenters. The highest BCUT2D eigenvalue weighted by atomic mass is 16.4. The Bertz CT molecular complexity index is 879. The topological polar surface area (TPSA) is 66.4 Å². The Labute approximate surface area is 160 Å². The number of amides is 1. The first-order chi connectivity index (χ1) is 12.6. The average Bonchev–Trinajstić information content (AvgIpc) is 2.59. The number of hydrogen-bond acceptors (Lipinski definition) is 2. The molecule has 0 saturated heterocycles. The van der Waals surface area contributed by atoms with Crippen molar-refractivity contribution in [3.63, 3.8) is 0 Å². The lowest BCUT2D eigenvalue weighted by atomic mass is 9.63. The third-order valence-electron chi connectivity index (χ3n) is 5.70. The van der Waals surface area contributed by atoms with Crippen molar-refractivity contribution in [1.82, 2.24) is 0 Å². The van der Waals surface area contributed by atoms with Crippen LogP contribution in [0.1, 0.15) is 67.6 Å². The normalized spacial score (nSPS) is 17.0. The number of fused-ring (bicyclic) bond motifs is 1. The Kier molecular flexibility index (Phi) is 4.85. The van der Waals surface area contributed by atoms with Crippen molar-refractivity contribution in [3.8, 4) is 0 Å². The summed E-state index contributed by atoms with van der Waals surface area (Å²) in [6.45, 7) is 9.08. The Morgan fingerprint density at radius 2 is 1.52 bits per heavy atom. The lowest BCUT2D eigenvalue weighted by Gasteiger charge is -2.42. The van der Waals surface area contributed by atoms with Gasteiger partial charge in [0, 0.05) is 5.69 Å². The van der Waals surface area contributed by atoms with Crippen LogP contribution in [0.5, 0.6) is 0 Å². The van der Waals surface area contributed by atoms with Crippen LogP contribution in [0.3, 0.4) is 0 Å². The van der Waals surface area contributed by atoms with Gasteiger partial charge in [0.15, 0.2) is 0 Å². The summed E-state index contributed by atoms with van der Waals surface area (Å²) in [5.74, 6) is -1.07. The van der Waals surface area contributed by atoms with Crippen molar-refractivity contribution in [2.75, 3.05) is 5.32 Å². The number of carboxylic acid groups (broad SMARTS) is 1. The molecule has 4 nitrogen and oxygen atoms in total. The molecule has 0 saturated carbocycles. The van der Waals surface area contributed by atoms with E-state index in [1.807, 2.05) is 6.07 Å². The van der Waals surface area contributed by atoms with Crippen molar-refractivity contribution < 1.29 is 14.7 Å². The Morgan fingerprint density at radius 3 is 2.11 bits per heavy atom. The number of aromatic carboxylic acids is 1. The number of carboxylic acids is 1. The van der Waals surface area contributed by atoms with E-state index in [0.717, 1.165) is 24.1 Å².